The van der Waals surface area contributed by atoms with E-state index in [4.69, 9.17) is 0 Å². The summed E-state index contributed by atoms with van der Waals surface area (Å²) in [6.07, 6.45) is 1.72. The lowest BCUT2D eigenvalue weighted by molar-refractivity contribution is 0.0954. The van der Waals surface area contributed by atoms with Crippen molar-refractivity contribution in [2.75, 3.05) is 0 Å². The zero-order valence-corrected chi connectivity index (χ0v) is 22.2. The van der Waals surface area contributed by atoms with Gasteiger partial charge >= 0.3 is 0 Å². The van der Waals surface area contributed by atoms with Gasteiger partial charge in [-0.1, -0.05) is 66.7 Å². The number of rotatable bonds is 6. The highest BCUT2D eigenvalue weighted by molar-refractivity contribution is 6.08. The van der Waals surface area contributed by atoms with Crippen LogP contribution in [0.3, 0.4) is 0 Å². The van der Waals surface area contributed by atoms with E-state index in [1.54, 1.807) is 18.3 Å². The summed E-state index contributed by atoms with van der Waals surface area (Å²) < 4.78 is 17.6. The highest BCUT2D eigenvalue weighted by atomic mass is 19.1. The molecule has 0 unspecified atom stereocenters. The molecule has 0 radical (unpaired) electrons. The van der Waals surface area contributed by atoms with Crippen LogP contribution < -0.4 is 5.43 Å². The summed E-state index contributed by atoms with van der Waals surface area (Å²) >= 11 is 0. The Kier molecular flexibility index (Phi) is 6.58. The summed E-state index contributed by atoms with van der Waals surface area (Å²) in [7, 11) is 0. The van der Waals surface area contributed by atoms with Gasteiger partial charge in [-0.3, -0.25) is 4.79 Å². The third-order valence-electron chi connectivity index (χ3n) is 7.10. The predicted octanol–water partition coefficient (Wildman–Crippen LogP) is 7.61. The SMILES string of the molecule is Cc1cc(C(=O)N/N=C/c2c(-c3ccccc3)n(-c3ccccc3)c3ccccc23)c(C)n1-c1ccc(F)cc1. The maximum atomic E-state index is 13.5. The van der Waals surface area contributed by atoms with Crippen LogP contribution in [0, 0.1) is 19.7 Å². The minimum atomic E-state index is -0.314. The van der Waals surface area contributed by atoms with Gasteiger partial charge in [0.2, 0.25) is 0 Å². The second-order valence-corrected chi connectivity index (χ2v) is 9.61. The molecule has 196 valence electrons. The van der Waals surface area contributed by atoms with Gasteiger partial charge in [-0.05, 0) is 67.9 Å². The minimum absolute atomic E-state index is 0.304. The second kappa shape index (κ2) is 10.5. The fourth-order valence-corrected chi connectivity index (χ4v) is 5.32. The van der Waals surface area contributed by atoms with Crippen molar-refractivity contribution in [1.29, 1.82) is 0 Å². The lowest BCUT2D eigenvalue weighted by Crippen LogP contribution is -2.18. The number of halogens is 1. The number of nitrogens with one attached hydrogen (secondary N) is 1. The van der Waals surface area contributed by atoms with Crippen LogP contribution in [-0.4, -0.2) is 21.3 Å². The number of aromatic nitrogens is 2. The van der Waals surface area contributed by atoms with E-state index in [0.29, 0.717) is 5.56 Å². The number of hydrogen-bond acceptors (Lipinski definition) is 2. The van der Waals surface area contributed by atoms with Crippen molar-refractivity contribution in [2.45, 2.75) is 13.8 Å². The van der Waals surface area contributed by atoms with Crippen LogP contribution in [0.5, 0.6) is 0 Å². The molecule has 6 rings (SSSR count). The van der Waals surface area contributed by atoms with E-state index in [9.17, 15) is 9.18 Å². The number of nitrogens with zero attached hydrogens (tertiary/aromatic N) is 3. The van der Waals surface area contributed by atoms with Gasteiger partial charge in [0.1, 0.15) is 5.82 Å². The number of carbonyl (C=O) groups excluding carboxylic acids is 1. The van der Waals surface area contributed by atoms with E-state index in [1.165, 1.54) is 12.1 Å². The summed E-state index contributed by atoms with van der Waals surface area (Å²) in [5, 5.41) is 5.45. The summed E-state index contributed by atoms with van der Waals surface area (Å²) in [5.41, 5.74) is 10.7. The van der Waals surface area contributed by atoms with Crippen LogP contribution >= 0.6 is 0 Å². The third kappa shape index (κ3) is 4.50. The smallest absolute Gasteiger partial charge is 0.273 e. The molecular weight excluding hydrogens is 499 g/mol. The highest BCUT2D eigenvalue weighted by Gasteiger charge is 2.20. The Balaban J connectivity index is 1.40. The molecule has 6 aromatic rings. The van der Waals surface area contributed by atoms with Crippen molar-refractivity contribution in [3.05, 3.63) is 144 Å². The molecule has 4 aromatic carbocycles. The number of fused-ring (bicyclic) bond motifs is 1. The van der Waals surface area contributed by atoms with E-state index in [0.717, 1.165) is 50.5 Å². The molecule has 1 amide bonds. The molecule has 0 bridgehead atoms. The summed E-state index contributed by atoms with van der Waals surface area (Å²) in [5.74, 6) is -0.618. The van der Waals surface area contributed by atoms with Gasteiger partial charge in [-0.2, -0.15) is 5.10 Å². The van der Waals surface area contributed by atoms with Crippen molar-refractivity contribution in [1.82, 2.24) is 14.6 Å². The van der Waals surface area contributed by atoms with Crippen molar-refractivity contribution in [2.24, 2.45) is 5.10 Å². The van der Waals surface area contributed by atoms with Crippen LogP contribution in [0.1, 0.15) is 27.3 Å². The molecule has 0 aliphatic rings. The Hall–Kier alpha value is -5.23. The quantitative estimate of drug-likeness (QED) is 0.176. The molecule has 0 aliphatic carbocycles. The highest BCUT2D eigenvalue weighted by Crippen LogP contribution is 2.35. The Labute approximate surface area is 231 Å². The fourth-order valence-electron chi connectivity index (χ4n) is 5.32. The van der Waals surface area contributed by atoms with Crippen LogP contribution in [0.15, 0.2) is 120 Å². The van der Waals surface area contributed by atoms with Crippen molar-refractivity contribution >= 4 is 23.0 Å². The summed E-state index contributed by atoms with van der Waals surface area (Å²) in [6.45, 7) is 3.79. The maximum absolute atomic E-state index is 13.5. The molecule has 6 heteroatoms. The van der Waals surface area contributed by atoms with E-state index in [2.05, 4.69) is 51.5 Å². The molecule has 0 aliphatic heterocycles. The van der Waals surface area contributed by atoms with Crippen LogP contribution in [-0.2, 0) is 0 Å². The Bertz CT molecular complexity index is 1850. The average molecular weight is 527 g/mol. The molecule has 40 heavy (non-hydrogen) atoms. The molecule has 5 nitrogen and oxygen atoms in total. The van der Waals surface area contributed by atoms with Gasteiger partial charge in [-0.25, -0.2) is 9.82 Å². The first-order valence-electron chi connectivity index (χ1n) is 13.1. The third-order valence-corrected chi connectivity index (χ3v) is 7.10. The van der Waals surface area contributed by atoms with Gasteiger partial charge < -0.3 is 9.13 Å². The average Bonchev–Trinajstić information content (AvgIpc) is 3.48. The van der Waals surface area contributed by atoms with E-state index in [1.807, 2.05) is 73.0 Å². The molecule has 2 heterocycles. The fraction of sp³-hybridized carbons (Fsp3) is 0.0588. The number of aryl methyl sites for hydroxylation is 1. The van der Waals surface area contributed by atoms with Crippen LogP contribution in [0.2, 0.25) is 0 Å². The molecule has 0 fully saturated rings. The molecule has 0 saturated heterocycles. The number of hydrogen-bond donors (Lipinski definition) is 1. The number of benzene rings is 4. The number of hydrazone groups is 1. The van der Waals surface area contributed by atoms with E-state index < -0.39 is 0 Å². The van der Waals surface area contributed by atoms with Crippen LogP contribution in [0.25, 0.3) is 33.5 Å². The van der Waals surface area contributed by atoms with Gasteiger partial charge in [0.05, 0.1) is 23.0 Å². The number of carbonyl (C=O) groups is 1. The van der Waals surface area contributed by atoms with Crippen LogP contribution in [0.4, 0.5) is 4.39 Å². The molecule has 2 aromatic heterocycles. The van der Waals surface area contributed by atoms with Crippen molar-refractivity contribution < 1.29 is 9.18 Å². The van der Waals surface area contributed by atoms with E-state index in [-0.39, 0.29) is 11.7 Å². The topological polar surface area (TPSA) is 51.3 Å². The van der Waals surface area contributed by atoms with Gasteiger partial charge in [-0.15, -0.1) is 0 Å². The summed E-state index contributed by atoms with van der Waals surface area (Å²) in [4.78, 5) is 13.2. The molecule has 0 saturated carbocycles. The largest absolute Gasteiger partial charge is 0.318 e. The van der Waals surface area contributed by atoms with E-state index >= 15 is 0 Å². The Morgan fingerprint density at radius 1 is 0.775 bits per heavy atom. The monoisotopic (exact) mass is 526 g/mol. The number of para-hydroxylation sites is 2. The van der Waals surface area contributed by atoms with Crippen molar-refractivity contribution in [3.63, 3.8) is 0 Å². The minimum Gasteiger partial charge on any atom is -0.318 e. The first-order chi connectivity index (χ1) is 19.5. The Morgan fingerprint density at radius 2 is 1.40 bits per heavy atom. The van der Waals surface area contributed by atoms with Gasteiger partial charge in [0.15, 0.2) is 0 Å². The zero-order chi connectivity index (χ0) is 27.6. The standard InChI is InChI=1S/C34H27FN4O/c1-23-21-30(24(2)38(23)28-19-17-26(35)18-20-28)34(40)37-36-22-31-29-15-9-10-16-32(29)39(27-13-7-4-8-14-27)33(31)25-11-5-3-6-12-25/h3-22H,1-2H3,(H,37,40)/b36-22+. The first-order valence-corrected chi connectivity index (χ1v) is 13.1. The second-order valence-electron chi connectivity index (χ2n) is 9.61. The predicted molar refractivity (Wildman–Crippen MR) is 159 cm³/mol. The maximum Gasteiger partial charge on any atom is 0.273 e. The van der Waals surface area contributed by atoms with Gasteiger partial charge in [0.25, 0.3) is 5.91 Å². The lowest BCUT2D eigenvalue weighted by atomic mass is 10.1. The van der Waals surface area contributed by atoms with Crippen molar-refractivity contribution in [3.8, 4) is 22.6 Å². The molecular formula is C34H27FN4O. The molecule has 1 N–H and O–H groups in total. The normalized spacial score (nSPS) is 11.4. The van der Waals surface area contributed by atoms with Gasteiger partial charge in [0, 0.05) is 33.7 Å². The first kappa shape index (κ1) is 25.1. The Morgan fingerprint density at radius 3 is 2.12 bits per heavy atom. The molecule has 0 spiro atoms. The lowest BCUT2D eigenvalue weighted by Gasteiger charge is -2.12. The summed E-state index contributed by atoms with van der Waals surface area (Å²) in [6, 6.07) is 36.6. The zero-order valence-electron chi connectivity index (χ0n) is 22.2. The molecule has 0 atom stereocenters. The number of amides is 1.